The van der Waals surface area contributed by atoms with Crippen molar-refractivity contribution < 1.29 is 18.9 Å². The second-order valence-corrected chi connectivity index (χ2v) is 6.18. The molecule has 2 aliphatic heterocycles. The lowest BCUT2D eigenvalue weighted by Gasteiger charge is -2.43. The molecule has 0 radical (unpaired) electrons. The van der Waals surface area contributed by atoms with Crippen molar-refractivity contribution in [3.05, 3.63) is 0 Å². The Morgan fingerprint density at radius 3 is 1.35 bits per heavy atom. The Balaban J connectivity index is 1.91. The van der Waals surface area contributed by atoms with Gasteiger partial charge in [-0.3, -0.25) is 0 Å². The van der Waals surface area contributed by atoms with Gasteiger partial charge in [-0.2, -0.15) is 0 Å². The SMILES string of the molecule is C[C@H]1OC[C@@](C)(B[C@]2(C)CO[C@H](C)OC2)CO1. The molecule has 4 nitrogen and oxygen atoms in total. The Morgan fingerprint density at radius 2 is 1.06 bits per heavy atom. The molecule has 0 aromatic carbocycles. The molecule has 2 heterocycles. The van der Waals surface area contributed by atoms with Crippen molar-refractivity contribution in [1.82, 2.24) is 0 Å². The first-order valence-corrected chi connectivity index (χ1v) is 6.37. The maximum absolute atomic E-state index is 5.60. The predicted molar refractivity (Wildman–Crippen MR) is 66.6 cm³/mol. The fraction of sp³-hybridized carbons (Fsp3) is 1.00. The number of rotatable bonds is 2. The smallest absolute Gasteiger partial charge is 0.154 e. The summed E-state index contributed by atoms with van der Waals surface area (Å²) in [5, 5.41) is 0.128. The van der Waals surface area contributed by atoms with Crippen LogP contribution in [0.2, 0.25) is 10.6 Å². The van der Waals surface area contributed by atoms with Crippen molar-refractivity contribution >= 4 is 7.28 Å². The number of hydrogen-bond acceptors (Lipinski definition) is 4. The van der Waals surface area contributed by atoms with Gasteiger partial charge in [-0.15, -0.1) is 0 Å². The van der Waals surface area contributed by atoms with Crippen LogP contribution in [0.25, 0.3) is 0 Å². The minimum Gasteiger partial charge on any atom is -0.353 e. The monoisotopic (exact) mass is 242 g/mol. The normalized spacial score (nSPS) is 47.8. The van der Waals surface area contributed by atoms with Crippen LogP contribution in [0.1, 0.15) is 27.7 Å². The molecule has 0 aromatic heterocycles. The highest BCUT2D eigenvalue weighted by Gasteiger charge is 2.42. The second-order valence-electron chi connectivity index (χ2n) is 6.18. The Hall–Kier alpha value is -0.0951. The molecule has 0 unspecified atom stereocenters. The van der Waals surface area contributed by atoms with E-state index in [1.54, 1.807) is 0 Å². The fourth-order valence-electron chi connectivity index (χ4n) is 2.69. The van der Waals surface area contributed by atoms with Gasteiger partial charge >= 0.3 is 0 Å². The summed E-state index contributed by atoms with van der Waals surface area (Å²) in [4.78, 5) is 0. The van der Waals surface area contributed by atoms with Gasteiger partial charge < -0.3 is 18.9 Å². The van der Waals surface area contributed by atoms with Gasteiger partial charge in [0, 0.05) is 0 Å². The van der Waals surface area contributed by atoms with E-state index in [-0.39, 0.29) is 23.2 Å². The minimum absolute atomic E-state index is 0.0640. The van der Waals surface area contributed by atoms with Crippen molar-refractivity contribution in [2.75, 3.05) is 26.4 Å². The molecular weight excluding hydrogens is 219 g/mol. The van der Waals surface area contributed by atoms with E-state index in [1.807, 2.05) is 13.8 Å². The zero-order chi connectivity index (χ0) is 12.5. The highest BCUT2D eigenvalue weighted by Crippen LogP contribution is 2.41. The Labute approximate surface area is 104 Å². The fourth-order valence-corrected chi connectivity index (χ4v) is 2.69. The maximum atomic E-state index is 5.60. The molecule has 0 aliphatic carbocycles. The first-order chi connectivity index (χ1) is 7.91. The Kier molecular flexibility index (Phi) is 3.83. The van der Waals surface area contributed by atoms with E-state index in [0.717, 1.165) is 33.7 Å². The van der Waals surface area contributed by atoms with Crippen molar-refractivity contribution in [2.24, 2.45) is 0 Å². The molecule has 0 aromatic rings. The molecule has 0 amide bonds. The van der Waals surface area contributed by atoms with E-state index in [9.17, 15) is 0 Å². The molecular formula is C12H23BO4. The van der Waals surface area contributed by atoms with Gasteiger partial charge in [0.1, 0.15) is 7.28 Å². The minimum atomic E-state index is -0.0743. The Bertz CT molecular complexity index is 229. The van der Waals surface area contributed by atoms with Gasteiger partial charge in [0.15, 0.2) is 12.6 Å². The molecule has 5 heteroatoms. The second kappa shape index (κ2) is 4.88. The Morgan fingerprint density at radius 1 is 0.765 bits per heavy atom. The topological polar surface area (TPSA) is 36.9 Å². The molecule has 2 rings (SSSR count). The van der Waals surface area contributed by atoms with E-state index < -0.39 is 0 Å². The lowest BCUT2D eigenvalue weighted by molar-refractivity contribution is -0.191. The third kappa shape index (κ3) is 3.44. The van der Waals surface area contributed by atoms with Crippen molar-refractivity contribution in [3.63, 3.8) is 0 Å². The van der Waals surface area contributed by atoms with E-state index in [4.69, 9.17) is 18.9 Å². The highest BCUT2D eigenvalue weighted by molar-refractivity contribution is 6.44. The molecule has 0 bridgehead atoms. The first-order valence-electron chi connectivity index (χ1n) is 6.37. The average molecular weight is 242 g/mol. The molecule has 98 valence electrons. The molecule has 2 fully saturated rings. The summed E-state index contributed by atoms with van der Waals surface area (Å²) in [5.74, 6) is 0. The lowest BCUT2D eigenvalue weighted by Crippen LogP contribution is -2.46. The molecule has 0 spiro atoms. The van der Waals surface area contributed by atoms with Crippen LogP contribution >= 0.6 is 0 Å². The summed E-state index contributed by atoms with van der Waals surface area (Å²) >= 11 is 0. The number of hydrogen-bond donors (Lipinski definition) is 0. The highest BCUT2D eigenvalue weighted by atomic mass is 16.7. The van der Waals surface area contributed by atoms with Crippen LogP contribution < -0.4 is 0 Å². The predicted octanol–water partition coefficient (Wildman–Crippen LogP) is 1.57. The van der Waals surface area contributed by atoms with Crippen molar-refractivity contribution in [3.8, 4) is 0 Å². The zero-order valence-corrected chi connectivity index (χ0v) is 11.3. The van der Waals surface area contributed by atoms with Gasteiger partial charge in [-0.05, 0) is 24.5 Å². The maximum Gasteiger partial charge on any atom is 0.154 e. The van der Waals surface area contributed by atoms with Crippen LogP contribution in [0.4, 0.5) is 0 Å². The molecule has 0 saturated carbocycles. The van der Waals surface area contributed by atoms with Gasteiger partial charge in [-0.25, -0.2) is 0 Å². The molecule has 17 heavy (non-hydrogen) atoms. The van der Waals surface area contributed by atoms with Crippen LogP contribution in [0.5, 0.6) is 0 Å². The largest absolute Gasteiger partial charge is 0.353 e. The number of ether oxygens (including phenoxy) is 4. The third-order valence-electron chi connectivity index (χ3n) is 3.52. The van der Waals surface area contributed by atoms with E-state index in [1.165, 1.54) is 0 Å². The van der Waals surface area contributed by atoms with E-state index in [0.29, 0.717) is 0 Å². The van der Waals surface area contributed by atoms with Crippen molar-refractivity contribution in [2.45, 2.75) is 50.9 Å². The zero-order valence-electron chi connectivity index (χ0n) is 11.3. The van der Waals surface area contributed by atoms with E-state index >= 15 is 0 Å². The molecule has 2 saturated heterocycles. The average Bonchev–Trinajstić information content (AvgIpc) is 2.28. The van der Waals surface area contributed by atoms with Gasteiger partial charge in [0.25, 0.3) is 0 Å². The lowest BCUT2D eigenvalue weighted by atomic mass is 9.40. The van der Waals surface area contributed by atoms with Crippen LogP contribution in [-0.2, 0) is 18.9 Å². The summed E-state index contributed by atoms with van der Waals surface area (Å²) in [7, 11) is 0.999. The van der Waals surface area contributed by atoms with Gasteiger partial charge in [-0.1, -0.05) is 13.8 Å². The molecule has 0 atom stereocenters. The summed E-state index contributed by atoms with van der Waals surface area (Å²) < 4.78 is 22.4. The quantitative estimate of drug-likeness (QED) is 0.688. The van der Waals surface area contributed by atoms with E-state index in [2.05, 4.69) is 13.8 Å². The van der Waals surface area contributed by atoms with Crippen LogP contribution in [0.15, 0.2) is 0 Å². The molecule has 2 aliphatic rings. The first kappa shape index (κ1) is 13.3. The van der Waals surface area contributed by atoms with Crippen LogP contribution in [0, 0.1) is 0 Å². The summed E-state index contributed by atoms with van der Waals surface area (Å²) in [6.07, 6.45) is -0.149. The molecule has 0 N–H and O–H groups in total. The van der Waals surface area contributed by atoms with Crippen molar-refractivity contribution in [1.29, 1.82) is 0 Å². The van der Waals surface area contributed by atoms with Crippen LogP contribution in [-0.4, -0.2) is 46.3 Å². The van der Waals surface area contributed by atoms with Gasteiger partial charge in [0.2, 0.25) is 0 Å². The summed E-state index contributed by atoms with van der Waals surface area (Å²) in [5.41, 5.74) is 0. The standard InChI is InChI=1S/C12H23BO4/c1-9-14-5-11(3,6-15-9)13-12(4)7-16-10(2)17-8-12/h9-10,13H,5-8H2,1-4H3/t9-,10-,11+,12+. The van der Waals surface area contributed by atoms with Gasteiger partial charge in [0.05, 0.1) is 26.4 Å². The third-order valence-corrected chi connectivity index (χ3v) is 3.52. The summed E-state index contributed by atoms with van der Waals surface area (Å²) in [6.45, 7) is 11.3. The van der Waals surface area contributed by atoms with Crippen LogP contribution in [0.3, 0.4) is 0 Å². The summed E-state index contributed by atoms with van der Waals surface area (Å²) in [6, 6.07) is 0.